The summed E-state index contributed by atoms with van der Waals surface area (Å²) in [5.74, 6) is 0.0423. The summed E-state index contributed by atoms with van der Waals surface area (Å²) >= 11 is 0. The van der Waals surface area contributed by atoms with Gasteiger partial charge in [-0.05, 0) is 34.9 Å². The molecule has 3 aromatic carbocycles. The Morgan fingerprint density at radius 2 is 1.67 bits per heavy atom. The Morgan fingerprint density at radius 1 is 1.00 bits per heavy atom. The molecule has 5 nitrogen and oxygen atoms in total. The Labute approximate surface area is 172 Å². The topological polar surface area (TPSA) is 72.8 Å². The van der Waals surface area contributed by atoms with Gasteiger partial charge >= 0.3 is 0 Å². The van der Waals surface area contributed by atoms with Crippen LogP contribution in [0.3, 0.4) is 0 Å². The van der Waals surface area contributed by atoms with E-state index in [1.54, 1.807) is 30.3 Å². The number of hydrogen-bond acceptors (Lipinski definition) is 3. The average molecular weight is 398 g/mol. The first-order valence-electron chi connectivity index (χ1n) is 9.75. The van der Waals surface area contributed by atoms with E-state index in [1.807, 2.05) is 23.1 Å². The zero-order valence-electron chi connectivity index (χ0n) is 16.2. The number of rotatable bonds is 3. The molecule has 6 heteroatoms. The highest BCUT2D eigenvalue weighted by molar-refractivity contribution is 5.93. The van der Waals surface area contributed by atoms with Crippen LogP contribution in [0.2, 0.25) is 0 Å². The lowest BCUT2D eigenvalue weighted by molar-refractivity contribution is 0.436. The van der Waals surface area contributed by atoms with Crippen molar-refractivity contribution in [2.24, 2.45) is 0 Å². The first kappa shape index (κ1) is 18.2. The van der Waals surface area contributed by atoms with Crippen LogP contribution in [-0.2, 0) is 19.5 Å². The van der Waals surface area contributed by atoms with Crippen molar-refractivity contribution in [2.45, 2.75) is 19.5 Å². The van der Waals surface area contributed by atoms with Crippen molar-refractivity contribution in [3.05, 3.63) is 99.6 Å². The normalized spacial score (nSPS) is 12.9. The second-order valence-electron chi connectivity index (χ2n) is 7.51. The van der Waals surface area contributed by atoms with Gasteiger partial charge in [-0.25, -0.2) is 9.49 Å². The van der Waals surface area contributed by atoms with Crippen LogP contribution in [0.25, 0.3) is 22.0 Å². The molecule has 0 bridgehead atoms. The van der Waals surface area contributed by atoms with Crippen molar-refractivity contribution in [2.75, 3.05) is 0 Å². The van der Waals surface area contributed by atoms with Gasteiger partial charge in [0.2, 0.25) is 0 Å². The molecule has 5 rings (SSSR count). The zero-order chi connectivity index (χ0) is 20.7. The minimum Gasteiger partial charge on any atom is -0.352 e. The van der Waals surface area contributed by atoms with Crippen molar-refractivity contribution in [3.63, 3.8) is 0 Å². The monoisotopic (exact) mass is 398 g/mol. The van der Waals surface area contributed by atoms with E-state index in [0.29, 0.717) is 47.4 Å². The van der Waals surface area contributed by atoms with Crippen LogP contribution in [0, 0.1) is 11.2 Å². The molecule has 1 aliphatic rings. The Bertz CT molecular complexity index is 1320. The summed E-state index contributed by atoms with van der Waals surface area (Å²) in [4.78, 5) is 14.0. The van der Waals surface area contributed by atoms with Gasteiger partial charge in [0.25, 0.3) is 5.56 Å². The van der Waals surface area contributed by atoms with Crippen molar-refractivity contribution >= 4 is 16.6 Å². The third-order valence-corrected chi connectivity index (χ3v) is 5.58. The number of H-pyrrole nitrogens is 1. The van der Waals surface area contributed by atoms with E-state index in [9.17, 15) is 9.18 Å². The molecule has 1 aliphatic heterocycles. The molecule has 0 saturated heterocycles. The molecule has 2 heterocycles. The first-order valence-corrected chi connectivity index (χ1v) is 9.75. The average Bonchev–Trinajstić information content (AvgIpc) is 3.20. The molecule has 0 saturated carbocycles. The smallest absolute Gasteiger partial charge is 0.272 e. The van der Waals surface area contributed by atoms with Crippen molar-refractivity contribution in [1.82, 2.24) is 15.1 Å². The van der Waals surface area contributed by atoms with Gasteiger partial charge < -0.3 is 4.90 Å². The molecule has 0 amide bonds. The lowest BCUT2D eigenvalue weighted by atomic mass is 10.0. The first-order chi connectivity index (χ1) is 14.6. The van der Waals surface area contributed by atoms with E-state index >= 15 is 0 Å². The number of aromatic nitrogens is 2. The molecule has 2 N–H and O–H groups in total. The number of nitrogens with one attached hydrogen (secondary N) is 2. The fraction of sp³-hybridized carbons (Fsp3) is 0.125. The minimum atomic E-state index is -0.422. The lowest BCUT2D eigenvalue weighted by Crippen LogP contribution is -2.26. The molecule has 1 aromatic heterocycles. The number of fused-ring (bicyclic) bond motifs is 2. The number of hydrogen-bond donors (Lipinski definition) is 2. The van der Waals surface area contributed by atoms with Crippen LogP contribution in [0.4, 0.5) is 4.39 Å². The molecule has 0 aliphatic carbocycles. The van der Waals surface area contributed by atoms with Crippen LogP contribution in [0.5, 0.6) is 0 Å². The van der Waals surface area contributed by atoms with Crippen LogP contribution in [-0.4, -0.2) is 20.9 Å². The molecular weight excluding hydrogens is 379 g/mol. The molecular formula is C24H19FN4O. The van der Waals surface area contributed by atoms with Gasteiger partial charge in [-0.2, -0.15) is 5.10 Å². The van der Waals surface area contributed by atoms with Gasteiger partial charge in [0, 0.05) is 30.5 Å². The van der Waals surface area contributed by atoms with E-state index in [-0.39, 0.29) is 5.56 Å². The van der Waals surface area contributed by atoms with Gasteiger partial charge in [-0.3, -0.25) is 10.2 Å². The fourth-order valence-corrected chi connectivity index (χ4v) is 4.01. The lowest BCUT2D eigenvalue weighted by Gasteiger charge is -2.19. The Kier molecular flexibility index (Phi) is 4.39. The third kappa shape index (κ3) is 3.16. The van der Waals surface area contributed by atoms with Crippen molar-refractivity contribution in [1.29, 1.82) is 5.41 Å². The summed E-state index contributed by atoms with van der Waals surface area (Å²) in [6.07, 6.45) is 0.352. The molecule has 0 fully saturated rings. The summed E-state index contributed by atoms with van der Waals surface area (Å²) in [6.45, 7) is 1.42. The second kappa shape index (κ2) is 7.22. The summed E-state index contributed by atoms with van der Waals surface area (Å²) in [5.41, 5.74) is 3.63. The van der Waals surface area contributed by atoms with E-state index in [2.05, 4.69) is 22.3 Å². The summed E-state index contributed by atoms with van der Waals surface area (Å²) in [5, 5.41) is 16.1. The molecule has 0 spiro atoms. The highest BCUT2D eigenvalue weighted by Crippen LogP contribution is 2.28. The highest BCUT2D eigenvalue weighted by Gasteiger charge is 2.21. The maximum Gasteiger partial charge on any atom is 0.272 e. The maximum absolute atomic E-state index is 15.0. The van der Waals surface area contributed by atoms with Crippen LogP contribution in [0.1, 0.15) is 16.7 Å². The van der Waals surface area contributed by atoms with Gasteiger partial charge in [0.15, 0.2) is 0 Å². The largest absolute Gasteiger partial charge is 0.352 e. The fourth-order valence-electron chi connectivity index (χ4n) is 4.01. The predicted octanol–water partition coefficient (Wildman–Crippen LogP) is 4.26. The number of halogens is 1. The van der Waals surface area contributed by atoms with Crippen molar-refractivity contribution < 1.29 is 4.39 Å². The summed E-state index contributed by atoms with van der Waals surface area (Å²) in [6, 6.07) is 20.1. The second-order valence-corrected chi connectivity index (χ2v) is 7.51. The van der Waals surface area contributed by atoms with E-state index in [0.717, 1.165) is 5.56 Å². The number of aromatic amines is 1. The number of nitrogens with zero attached hydrogens (tertiary/aromatic N) is 2. The maximum atomic E-state index is 15.0. The molecule has 0 radical (unpaired) electrons. The van der Waals surface area contributed by atoms with Gasteiger partial charge in [0.1, 0.15) is 17.3 Å². The summed E-state index contributed by atoms with van der Waals surface area (Å²) < 4.78 is 15.0. The predicted molar refractivity (Wildman–Crippen MR) is 115 cm³/mol. The van der Waals surface area contributed by atoms with E-state index in [4.69, 9.17) is 5.41 Å². The van der Waals surface area contributed by atoms with Crippen LogP contribution in [0.15, 0.2) is 71.5 Å². The number of amidine groups is 1. The highest BCUT2D eigenvalue weighted by atomic mass is 19.1. The zero-order valence-corrected chi connectivity index (χ0v) is 16.2. The Morgan fingerprint density at radius 3 is 2.37 bits per heavy atom. The van der Waals surface area contributed by atoms with Gasteiger partial charge in [-0.1, -0.05) is 48.5 Å². The molecule has 4 aromatic rings. The minimum absolute atomic E-state index is 0.300. The van der Waals surface area contributed by atoms with Crippen molar-refractivity contribution in [3.8, 4) is 11.3 Å². The SMILES string of the molecule is N=C(Cc1ccc(-c2n[nH]c(=O)c3ccccc23)c(F)c1)N1Cc2ccccc2C1. The number of benzene rings is 3. The Hall–Kier alpha value is -3.80. The van der Waals surface area contributed by atoms with E-state index < -0.39 is 5.82 Å². The molecule has 30 heavy (non-hydrogen) atoms. The van der Waals surface area contributed by atoms with E-state index in [1.165, 1.54) is 17.2 Å². The van der Waals surface area contributed by atoms with Gasteiger partial charge in [0.05, 0.1) is 5.39 Å². The van der Waals surface area contributed by atoms with Crippen LogP contribution >= 0.6 is 0 Å². The Balaban J connectivity index is 1.40. The van der Waals surface area contributed by atoms with Crippen LogP contribution < -0.4 is 5.56 Å². The molecule has 0 unspecified atom stereocenters. The standard InChI is InChI=1S/C24H19FN4O/c25-21-11-15(12-22(26)29-13-16-5-1-2-6-17(16)14-29)9-10-20(21)23-18-7-3-4-8-19(18)24(30)28-27-23/h1-11,26H,12-14H2,(H,28,30). The third-order valence-electron chi connectivity index (χ3n) is 5.58. The quantitative estimate of drug-likeness (QED) is 0.400. The molecule has 0 atom stereocenters. The van der Waals surface area contributed by atoms with Gasteiger partial charge in [-0.15, -0.1) is 0 Å². The summed E-state index contributed by atoms with van der Waals surface area (Å²) in [7, 11) is 0. The molecule has 148 valence electrons.